The summed E-state index contributed by atoms with van der Waals surface area (Å²) in [6.07, 6.45) is -0.0397. The number of methoxy groups -OCH3 is 1. The van der Waals surface area contributed by atoms with Crippen molar-refractivity contribution < 1.29 is 9.47 Å². The number of rotatable bonds is 2. The molecule has 0 bridgehead atoms. The smallest absolute Gasteiger partial charge is 0.179 e. The third-order valence-electron chi connectivity index (χ3n) is 4.42. The molecule has 2 aliphatic rings. The minimum Gasteiger partial charge on any atom is -0.497 e. The van der Waals surface area contributed by atoms with Gasteiger partial charge in [0.2, 0.25) is 0 Å². The zero-order chi connectivity index (χ0) is 14.9. The van der Waals surface area contributed by atoms with Gasteiger partial charge in [-0.25, -0.2) is 0 Å². The van der Waals surface area contributed by atoms with E-state index in [9.17, 15) is 0 Å². The Morgan fingerprint density at radius 3 is 2.73 bits per heavy atom. The van der Waals surface area contributed by atoms with Crippen molar-refractivity contribution in [2.24, 2.45) is 0 Å². The number of ether oxygens (including phenoxy) is 2. The van der Waals surface area contributed by atoms with Crippen molar-refractivity contribution >= 4 is 0 Å². The van der Waals surface area contributed by atoms with Crippen molar-refractivity contribution in [3.05, 3.63) is 48.0 Å². The largest absolute Gasteiger partial charge is 0.497 e. The van der Waals surface area contributed by atoms with Gasteiger partial charge in [0, 0.05) is 37.3 Å². The molecule has 0 amide bonds. The van der Waals surface area contributed by atoms with E-state index < -0.39 is 0 Å². The molecular weight excluding hydrogens is 276 g/mol. The molecule has 2 heterocycles. The second-order valence-electron chi connectivity index (χ2n) is 5.71. The van der Waals surface area contributed by atoms with Crippen molar-refractivity contribution in [1.82, 2.24) is 10.2 Å². The van der Waals surface area contributed by atoms with Gasteiger partial charge in [0.1, 0.15) is 11.5 Å². The second-order valence-corrected chi connectivity index (χ2v) is 5.71. The maximum absolute atomic E-state index is 6.34. The van der Waals surface area contributed by atoms with E-state index in [1.165, 1.54) is 11.1 Å². The van der Waals surface area contributed by atoms with Crippen LogP contribution in [0.5, 0.6) is 11.5 Å². The maximum atomic E-state index is 6.34. The maximum Gasteiger partial charge on any atom is 0.179 e. The number of nitrogens with zero attached hydrogens (tertiary/aromatic N) is 1. The molecular formula is C18H20N2O2. The molecule has 1 saturated heterocycles. The van der Waals surface area contributed by atoms with Crippen LogP contribution < -0.4 is 14.8 Å². The molecule has 0 spiro atoms. The summed E-state index contributed by atoms with van der Waals surface area (Å²) in [5.74, 6) is 1.84. The third-order valence-corrected chi connectivity index (χ3v) is 4.42. The molecule has 22 heavy (non-hydrogen) atoms. The van der Waals surface area contributed by atoms with Gasteiger partial charge in [-0.15, -0.1) is 0 Å². The van der Waals surface area contributed by atoms with Gasteiger partial charge in [-0.1, -0.05) is 24.3 Å². The Morgan fingerprint density at radius 2 is 1.91 bits per heavy atom. The molecule has 4 rings (SSSR count). The summed E-state index contributed by atoms with van der Waals surface area (Å²) in [6, 6.07) is 14.5. The summed E-state index contributed by atoms with van der Waals surface area (Å²) in [4.78, 5) is 2.39. The summed E-state index contributed by atoms with van der Waals surface area (Å²) in [6.45, 7) is 3.98. The Kier molecular flexibility index (Phi) is 3.48. The molecule has 4 heteroatoms. The summed E-state index contributed by atoms with van der Waals surface area (Å²) < 4.78 is 11.8. The lowest BCUT2D eigenvalue weighted by atomic mass is 9.94. The van der Waals surface area contributed by atoms with E-state index >= 15 is 0 Å². The number of benzene rings is 2. The molecule has 2 aromatic rings. The SMILES string of the molecule is COc1ccc2c(c1)C(N1CCNCC1)Oc1ccccc1-2. The van der Waals surface area contributed by atoms with Crippen LogP contribution in [0.25, 0.3) is 11.1 Å². The number of para-hydroxylation sites is 1. The van der Waals surface area contributed by atoms with Crippen molar-refractivity contribution in [3.8, 4) is 22.6 Å². The summed E-state index contributed by atoms with van der Waals surface area (Å²) in [5.41, 5.74) is 3.60. The van der Waals surface area contributed by atoms with Crippen LogP contribution in [0.2, 0.25) is 0 Å². The molecule has 1 fully saturated rings. The second kappa shape index (κ2) is 5.63. The fourth-order valence-corrected chi connectivity index (χ4v) is 3.28. The normalized spacial score (nSPS) is 20.7. The van der Waals surface area contributed by atoms with Crippen LogP contribution in [0, 0.1) is 0 Å². The van der Waals surface area contributed by atoms with E-state index in [1.807, 2.05) is 12.1 Å². The van der Waals surface area contributed by atoms with E-state index in [4.69, 9.17) is 9.47 Å². The van der Waals surface area contributed by atoms with Crippen LogP contribution in [0.4, 0.5) is 0 Å². The van der Waals surface area contributed by atoms with Crippen molar-refractivity contribution in [2.75, 3.05) is 33.3 Å². The van der Waals surface area contributed by atoms with Crippen LogP contribution in [-0.4, -0.2) is 38.2 Å². The highest BCUT2D eigenvalue weighted by Crippen LogP contribution is 2.44. The minimum absolute atomic E-state index is 0.0397. The van der Waals surface area contributed by atoms with Gasteiger partial charge < -0.3 is 14.8 Å². The summed E-state index contributed by atoms with van der Waals surface area (Å²) >= 11 is 0. The molecule has 0 saturated carbocycles. The van der Waals surface area contributed by atoms with Gasteiger partial charge in [0.25, 0.3) is 0 Å². The number of hydrogen-bond donors (Lipinski definition) is 1. The van der Waals surface area contributed by atoms with Gasteiger partial charge in [-0.2, -0.15) is 0 Å². The van der Waals surface area contributed by atoms with Crippen LogP contribution in [0.3, 0.4) is 0 Å². The van der Waals surface area contributed by atoms with E-state index in [0.717, 1.165) is 43.2 Å². The van der Waals surface area contributed by atoms with Gasteiger partial charge >= 0.3 is 0 Å². The van der Waals surface area contributed by atoms with Crippen LogP contribution in [0.15, 0.2) is 42.5 Å². The lowest BCUT2D eigenvalue weighted by Crippen LogP contribution is -2.47. The molecule has 1 unspecified atom stereocenters. The number of nitrogens with one attached hydrogen (secondary N) is 1. The topological polar surface area (TPSA) is 33.7 Å². The molecule has 0 aromatic heterocycles. The van der Waals surface area contributed by atoms with Crippen molar-refractivity contribution in [1.29, 1.82) is 0 Å². The Labute approximate surface area is 130 Å². The highest BCUT2D eigenvalue weighted by molar-refractivity contribution is 5.76. The number of hydrogen-bond acceptors (Lipinski definition) is 4. The molecule has 1 N–H and O–H groups in total. The first kappa shape index (κ1) is 13.6. The minimum atomic E-state index is -0.0397. The Hall–Kier alpha value is -2.04. The Morgan fingerprint density at radius 1 is 1.09 bits per heavy atom. The quantitative estimate of drug-likeness (QED) is 0.924. The van der Waals surface area contributed by atoms with E-state index in [-0.39, 0.29) is 6.23 Å². The number of fused-ring (bicyclic) bond motifs is 3. The van der Waals surface area contributed by atoms with Gasteiger partial charge in [-0.05, 0) is 23.8 Å². The molecule has 2 aliphatic heterocycles. The van der Waals surface area contributed by atoms with Crippen LogP contribution >= 0.6 is 0 Å². The Bertz CT molecular complexity index is 681. The fourth-order valence-electron chi connectivity index (χ4n) is 3.28. The summed E-state index contributed by atoms with van der Waals surface area (Å²) in [7, 11) is 1.71. The number of piperazine rings is 1. The highest BCUT2D eigenvalue weighted by Gasteiger charge is 2.31. The molecule has 2 aromatic carbocycles. The first-order valence-corrected chi connectivity index (χ1v) is 7.75. The third kappa shape index (κ3) is 2.25. The van der Waals surface area contributed by atoms with Gasteiger partial charge in [0.05, 0.1) is 7.11 Å². The molecule has 114 valence electrons. The lowest BCUT2D eigenvalue weighted by Gasteiger charge is -2.38. The van der Waals surface area contributed by atoms with Crippen molar-refractivity contribution in [3.63, 3.8) is 0 Å². The fraction of sp³-hybridized carbons (Fsp3) is 0.333. The van der Waals surface area contributed by atoms with E-state index in [1.54, 1.807) is 7.11 Å². The van der Waals surface area contributed by atoms with Gasteiger partial charge in [0.15, 0.2) is 6.23 Å². The highest BCUT2D eigenvalue weighted by atomic mass is 16.5. The van der Waals surface area contributed by atoms with Crippen LogP contribution in [-0.2, 0) is 0 Å². The zero-order valence-corrected chi connectivity index (χ0v) is 12.7. The van der Waals surface area contributed by atoms with Crippen LogP contribution in [0.1, 0.15) is 11.8 Å². The average molecular weight is 296 g/mol. The van der Waals surface area contributed by atoms with E-state index in [2.05, 4.69) is 40.5 Å². The predicted octanol–water partition coefficient (Wildman–Crippen LogP) is 2.66. The first-order valence-electron chi connectivity index (χ1n) is 7.75. The monoisotopic (exact) mass is 296 g/mol. The van der Waals surface area contributed by atoms with E-state index in [0.29, 0.717) is 0 Å². The molecule has 4 nitrogen and oxygen atoms in total. The average Bonchev–Trinajstić information content (AvgIpc) is 2.61. The summed E-state index contributed by atoms with van der Waals surface area (Å²) in [5, 5.41) is 3.40. The molecule has 0 aliphatic carbocycles. The predicted molar refractivity (Wildman–Crippen MR) is 86.2 cm³/mol. The zero-order valence-electron chi connectivity index (χ0n) is 12.7. The Balaban J connectivity index is 1.82. The molecule has 1 atom stereocenters. The van der Waals surface area contributed by atoms with Gasteiger partial charge in [-0.3, -0.25) is 4.90 Å². The standard InChI is InChI=1S/C18H20N2O2/c1-21-13-6-7-14-15-4-2-3-5-17(15)22-18(16(14)12-13)20-10-8-19-9-11-20/h2-7,12,18-19H,8-11H2,1H3. The lowest BCUT2D eigenvalue weighted by molar-refractivity contribution is 0.0133. The van der Waals surface area contributed by atoms with Crippen molar-refractivity contribution in [2.45, 2.75) is 6.23 Å². The molecule has 0 radical (unpaired) electrons. The first-order chi connectivity index (χ1) is 10.9.